The van der Waals surface area contributed by atoms with Gasteiger partial charge in [-0.1, -0.05) is 13.0 Å². The summed E-state index contributed by atoms with van der Waals surface area (Å²) in [5.74, 6) is 1.19. The third kappa shape index (κ3) is 3.76. The largest absolute Gasteiger partial charge is 0.370 e. The van der Waals surface area contributed by atoms with Crippen molar-refractivity contribution in [3.63, 3.8) is 0 Å². The van der Waals surface area contributed by atoms with Crippen molar-refractivity contribution >= 4 is 17.5 Å². The van der Waals surface area contributed by atoms with Gasteiger partial charge in [-0.25, -0.2) is 4.98 Å². The molecule has 0 aliphatic heterocycles. The second-order valence-corrected chi connectivity index (χ2v) is 3.63. The van der Waals surface area contributed by atoms with Crippen molar-refractivity contribution in [3.8, 4) is 0 Å². The minimum Gasteiger partial charge on any atom is -0.370 e. The molecule has 1 heterocycles. The molecule has 0 aliphatic carbocycles. The summed E-state index contributed by atoms with van der Waals surface area (Å²) in [6, 6.07) is 5.65. The van der Waals surface area contributed by atoms with Gasteiger partial charge < -0.3 is 16.0 Å². The number of carbonyl (C=O) groups is 1. The van der Waals surface area contributed by atoms with Crippen LogP contribution in [0, 0.1) is 0 Å². The lowest BCUT2D eigenvalue weighted by atomic mass is 10.4. The molecule has 0 unspecified atom stereocenters. The van der Waals surface area contributed by atoms with Crippen molar-refractivity contribution in [2.45, 2.75) is 13.3 Å². The predicted molar refractivity (Wildman–Crippen MR) is 65.5 cm³/mol. The van der Waals surface area contributed by atoms with Crippen LogP contribution in [0.25, 0.3) is 0 Å². The zero-order valence-electron chi connectivity index (χ0n) is 9.73. The van der Waals surface area contributed by atoms with Crippen LogP contribution >= 0.6 is 0 Å². The summed E-state index contributed by atoms with van der Waals surface area (Å²) in [5.41, 5.74) is 5.12. The molecule has 1 aromatic rings. The fourth-order valence-corrected chi connectivity index (χ4v) is 1.30. The van der Waals surface area contributed by atoms with Crippen LogP contribution in [0.2, 0.25) is 0 Å². The number of anilines is 2. The molecule has 5 heteroatoms. The molecule has 0 saturated heterocycles. The van der Waals surface area contributed by atoms with E-state index in [1.54, 1.807) is 11.9 Å². The molecule has 0 radical (unpaired) electrons. The van der Waals surface area contributed by atoms with E-state index in [1.807, 2.05) is 18.2 Å². The third-order valence-corrected chi connectivity index (χ3v) is 2.07. The average molecular weight is 222 g/mol. The molecule has 3 N–H and O–H groups in total. The molecule has 0 aromatic carbocycles. The molecule has 0 bridgehead atoms. The lowest BCUT2D eigenvalue weighted by molar-refractivity contribution is -0.116. The van der Waals surface area contributed by atoms with Gasteiger partial charge in [-0.2, -0.15) is 0 Å². The van der Waals surface area contributed by atoms with Crippen molar-refractivity contribution in [2.24, 2.45) is 5.73 Å². The topological polar surface area (TPSA) is 71.2 Å². The SMILES string of the molecule is CCCNc1cccc(N(C)CC(N)=O)n1. The van der Waals surface area contributed by atoms with E-state index < -0.39 is 0 Å². The Hall–Kier alpha value is -1.78. The molecule has 1 aromatic heterocycles. The minimum absolute atomic E-state index is 0.171. The highest BCUT2D eigenvalue weighted by Crippen LogP contribution is 2.12. The summed E-state index contributed by atoms with van der Waals surface area (Å²) in [7, 11) is 1.79. The number of hydrogen-bond acceptors (Lipinski definition) is 4. The van der Waals surface area contributed by atoms with Crippen LogP contribution in [-0.4, -0.2) is 31.0 Å². The number of nitrogens with zero attached hydrogens (tertiary/aromatic N) is 2. The lowest BCUT2D eigenvalue weighted by Gasteiger charge is -2.16. The fourth-order valence-electron chi connectivity index (χ4n) is 1.30. The number of amides is 1. The summed E-state index contributed by atoms with van der Waals surface area (Å²) in [5, 5.41) is 3.19. The van der Waals surface area contributed by atoms with Gasteiger partial charge in [0, 0.05) is 13.6 Å². The average Bonchev–Trinajstić information content (AvgIpc) is 2.26. The first-order chi connectivity index (χ1) is 7.63. The molecule has 0 spiro atoms. The summed E-state index contributed by atoms with van der Waals surface area (Å²) in [4.78, 5) is 16.9. The summed E-state index contributed by atoms with van der Waals surface area (Å²) >= 11 is 0. The summed E-state index contributed by atoms with van der Waals surface area (Å²) < 4.78 is 0. The standard InChI is InChI=1S/C11H18N4O/c1-3-7-13-10-5-4-6-11(14-10)15(2)8-9(12)16/h4-6H,3,7-8H2,1-2H3,(H2,12,16)(H,13,14). The highest BCUT2D eigenvalue weighted by molar-refractivity contribution is 5.79. The number of likely N-dealkylation sites (N-methyl/N-ethyl adjacent to an activating group) is 1. The Labute approximate surface area is 95.7 Å². The van der Waals surface area contributed by atoms with Gasteiger partial charge in [0.15, 0.2) is 0 Å². The first-order valence-corrected chi connectivity index (χ1v) is 5.34. The number of primary amides is 1. The molecule has 1 rings (SSSR count). The fraction of sp³-hybridized carbons (Fsp3) is 0.455. The molecule has 0 fully saturated rings. The maximum atomic E-state index is 10.8. The van der Waals surface area contributed by atoms with E-state index in [9.17, 15) is 4.79 Å². The van der Waals surface area contributed by atoms with Crippen LogP contribution in [0.15, 0.2) is 18.2 Å². The number of carbonyl (C=O) groups excluding carboxylic acids is 1. The van der Waals surface area contributed by atoms with E-state index in [0.29, 0.717) is 0 Å². The van der Waals surface area contributed by atoms with Crippen LogP contribution < -0.4 is 16.0 Å². The van der Waals surface area contributed by atoms with Gasteiger partial charge in [-0.05, 0) is 18.6 Å². The number of aromatic nitrogens is 1. The maximum absolute atomic E-state index is 10.8. The zero-order chi connectivity index (χ0) is 12.0. The summed E-state index contributed by atoms with van der Waals surface area (Å²) in [6.07, 6.45) is 1.04. The smallest absolute Gasteiger partial charge is 0.236 e. The highest BCUT2D eigenvalue weighted by Gasteiger charge is 2.05. The van der Waals surface area contributed by atoms with Crippen LogP contribution in [0.3, 0.4) is 0 Å². The lowest BCUT2D eigenvalue weighted by Crippen LogP contribution is -2.31. The van der Waals surface area contributed by atoms with Crippen LogP contribution in [-0.2, 0) is 4.79 Å². The molecule has 88 valence electrons. The van der Waals surface area contributed by atoms with Gasteiger partial charge in [-0.15, -0.1) is 0 Å². The van der Waals surface area contributed by atoms with E-state index in [0.717, 1.165) is 24.6 Å². The Balaban J connectivity index is 2.69. The van der Waals surface area contributed by atoms with Gasteiger partial charge in [0.25, 0.3) is 0 Å². The highest BCUT2D eigenvalue weighted by atomic mass is 16.1. The van der Waals surface area contributed by atoms with E-state index in [1.165, 1.54) is 0 Å². The maximum Gasteiger partial charge on any atom is 0.236 e. The van der Waals surface area contributed by atoms with Crippen molar-refractivity contribution < 1.29 is 4.79 Å². The van der Waals surface area contributed by atoms with E-state index >= 15 is 0 Å². The normalized spacial score (nSPS) is 9.88. The van der Waals surface area contributed by atoms with Crippen LogP contribution in [0.5, 0.6) is 0 Å². The van der Waals surface area contributed by atoms with Crippen molar-refractivity contribution in [3.05, 3.63) is 18.2 Å². The van der Waals surface area contributed by atoms with Crippen molar-refractivity contribution in [1.29, 1.82) is 0 Å². The van der Waals surface area contributed by atoms with E-state index in [-0.39, 0.29) is 12.5 Å². The Kier molecular flexibility index (Phi) is 4.57. The van der Waals surface area contributed by atoms with E-state index in [4.69, 9.17) is 5.73 Å². The quantitative estimate of drug-likeness (QED) is 0.747. The van der Waals surface area contributed by atoms with Crippen molar-refractivity contribution in [2.75, 3.05) is 30.4 Å². The number of pyridine rings is 1. The Bertz CT molecular complexity index is 354. The Morgan fingerprint density at radius 2 is 2.31 bits per heavy atom. The Morgan fingerprint density at radius 1 is 1.56 bits per heavy atom. The number of nitrogens with two attached hydrogens (primary N) is 1. The second kappa shape index (κ2) is 5.95. The number of hydrogen-bond donors (Lipinski definition) is 2. The van der Waals surface area contributed by atoms with Crippen molar-refractivity contribution in [1.82, 2.24) is 4.98 Å². The number of nitrogens with one attached hydrogen (secondary N) is 1. The molecule has 0 saturated carbocycles. The molecule has 0 atom stereocenters. The molecular formula is C11H18N4O. The van der Waals surface area contributed by atoms with Crippen LogP contribution in [0.1, 0.15) is 13.3 Å². The zero-order valence-corrected chi connectivity index (χ0v) is 9.73. The molecule has 1 amide bonds. The third-order valence-electron chi connectivity index (χ3n) is 2.07. The minimum atomic E-state index is -0.365. The molecular weight excluding hydrogens is 204 g/mol. The molecule has 0 aliphatic rings. The number of rotatable bonds is 6. The van der Waals surface area contributed by atoms with Crippen LogP contribution in [0.4, 0.5) is 11.6 Å². The predicted octanol–water partition coefficient (Wildman–Crippen LogP) is 0.825. The first-order valence-electron chi connectivity index (χ1n) is 5.34. The summed E-state index contributed by atoms with van der Waals surface area (Å²) in [6.45, 7) is 3.15. The van der Waals surface area contributed by atoms with Gasteiger partial charge in [0.1, 0.15) is 11.6 Å². The van der Waals surface area contributed by atoms with Gasteiger partial charge in [-0.3, -0.25) is 4.79 Å². The monoisotopic (exact) mass is 222 g/mol. The Morgan fingerprint density at radius 3 is 2.94 bits per heavy atom. The molecule has 16 heavy (non-hydrogen) atoms. The first kappa shape index (κ1) is 12.3. The molecule has 5 nitrogen and oxygen atoms in total. The second-order valence-electron chi connectivity index (χ2n) is 3.63. The van der Waals surface area contributed by atoms with Gasteiger partial charge in [0.2, 0.25) is 5.91 Å². The van der Waals surface area contributed by atoms with E-state index in [2.05, 4.69) is 17.2 Å². The van der Waals surface area contributed by atoms with Gasteiger partial charge in [0.05, 0.1) is 6.54 Å². The van der Waals surface area contributed by atoms with Gasteiger partial charge >= 0.3 is 0 Å².